The molecule has 0 saturated heterocycles. The molecule has 2 aliphatic heterocycles. The second-order valence-electron chi connectivity index (χ2n) is 23.8. The van der Waals surface area contributed by atoms with Gasteiger partial charge in [-0.2, -0.15) is 10.5 Å². The van der Waals surface area contributed by atoms with Crippen molar-refractivity contribution in [3.63, 3.8) is 0 Å². The predicted octanol–water partition coefficient (Wildman–Crippen LogP) is 10.4. The van der Waals surface area contributed by atoms with Crippen molar-refractivity contribution in [1.29, 1.82) is 10.5 Å². The van der Waals surface area contributed by atoms with Crippen LogP contribution in [0.1, 0.15) is 79.1 Å². The van der Waals surface area contributed by atoms with Crippen molar-refractivity contribution < 1.29 is 38.2 Å². The molecule has 13 aromatic rings. The van der Waals surface area contributed by atoms with Crippen LogP contribution in [0.4, 0.5) is 0 Å². The zero-order valence-corrected chi connectivity index (χ0v) is 55.1. The molecule has 2 aliphatic rings. The van der Waals surface area contributed by atoms with Crippen LogP contribution in [0.15, 0.2) is 213 Å². The number of ether oxygens (including phenoxy) is 2. The molecule has 0 spiro atoms. The van der Waals surface area contributed by atoms with Gasteiger partial charge in [-0.1, -0.05) is 142 Å². The van der Waals surface area contributed by atoms with E-state index in [0.717, 1.165) is 26.2 Å². The Morgan fingerprint density at radius 3 is 1.39 bits per heavy atom. The van der Waals surface area contributed by atoms with Crippen LogP contribution >= 0.6 is 34.8 Å². The summed E-state index contributed by atoms with van der Waals surface area (Å²) < 4.78 is 16.2. The van der Waals surface area contributed by atoms with E-state index < -0.39 is 42.4 Å². The van der Waals surface area contributed by atoms with E-state index in [4.69, 9.17) is 64.2 Å². The van der Waals surface area contributed by atoms with Crippen molar-refractivity contribution in [3.8, 4) is 46.2 Å². The summed E-state index contributed by atoms with van der Waals surface area (Å²) in [6.45, 7) is 1.03. The van der Waals surface area contributed by atoms with Gasteiger partial charge in [-0.25, -0.2) is 19.6 Å². The number of hydrogen-bond acceptors (Lipinski definition) is 14. The second-order valence-corrected chi connectivity index (χ2v) is 25.0. The molecule has 4 aromatic heterocycles. The van der Waals surface area contributed by atoms with Gasteiger partial charge >= 0.3 is 18.8 Å². The molecule has 4 amide bonds. The first-order valence-electron chi connectivity index (χ1n) is 31.1. The number of aromatic nitrogens is 6. The highest BCUT2D eigenvalue weighted by molar-refractivity contribution is 6.84. The molecule has 0 saturated carbocycles. The predicted molar refractivity (Wildman–Crippen MR) is 383 cm³/mol. The lowest BCUT2D eigenvalue weighted by molar-refractivity contribution is 0.0677. The number of aryl methyl sites for hydroxylation is 1. The molecule has 0 radical (unpaired) electrons. The fourth-order valence-corrected chi connectivity index (χ4v) is 13.5. The third-order valence-electron chi connectivity index (χ3n) is 17.8. The van der Waals surface area contributed by atoms with Gasteiger partial charge in [0.2, 0.25) is 0 Å². The molecule has 0 fully saturated rings. The highest BCUT2D eigenvalue weighted by atomic mass is 35.5. The lowest BCUT2D eigenvalue weighted by Gasteiger charge is -2.22. The molecule has 100 heavy (non-hydrogen) atoms. The number of rotatable bonds is 13. The lowest BCUT2D eigenvalue weighted by Crippen LogP contribution is -2.53. The van der Waals surface area contributed by atoms with Crippen LogP contribution in [-0.4, -0.2) is 103 Å². The summed E-state index contributed by atoms with van der Waals surface area (Å²) in [5.41, 5.74) is 7.46. The summed E-state index contributed by atoms with van der Waals surface area (Å²) in [4.78, 5) is 102. The molecule has 18 nitrogen and oxygen atoms in total. The summed E-state index contributed by atoms with van der Waals surface area (Å²) in [5, 5.41) is 27.0. The minimum Gasteiger partial charge on any atom is -0.423 e. The van der Waals surface area contributed by atoms with Gasteiger partial charge in [-0.3, -0.25) is 38.9 Å². The molecule has 0 bridgehead atoms. The van der Waals surface area contributed by atoms with Gasteiger partial charge in [-0.05, 0) is 133 Å². The third-order valence-corrected chi connectivity index (χ3v) is 19.0. The number of carbonyl (C=O) groups is 6. The highest BCUT2D eigenvalue weighted by Crippen LogP contribution is 2.38. The van der Waals surface area contributed by atoms with E-state index in [-0.39, 0.29) is 84.9 Å². The van der Waals surface area contributed by atoms with Crippen molar-refractivity contribution >= 4 is 145 Å². The summed E-state index contributed by atoms with van der Waals surface area (Å²) in [6, 6.07) is 62.7. The summed E-state index contributed by atoms with van der Waals surface area (Å²) >= 11 is 20.0. The number of fused-ring (bicyclic) bond motifs is 5. The maximum atomic E-state index is 14.2. The van der Waals surface area contributed by atoms with Crippen LogP contribution in [0.3, 0.4) is 0 Å². The molecule has 0 unspecified atom stereocenters. The Morgan fingerprint density at radius 2 is 0.900 bits per heavy atom. The summed E-state index contributed by atoms with van der Waals surface area (Å²) in [5.74, 6) is -3.50. The molecular weight excluding hydrogens is 1320 g/mol. The van der Waals surface area contributed by atoms with E-state index in [1.807, 2.05) is 102 Å². The maximum Gasteiger partial charge on any atom is 0.343 e. The van der Waals surface area contributed by atoms with E-state index in [0.29, 0.717) is 76.6 Å². The molecule has 23 heteroatoms. The van der Waals surface area contributed by atoms with Crippen molar-refractivity contribution in [2.45, 2.75) is 6.92 Å². The molecule has 15 rings (SSSR count). The van der Waals surface area contributed by atoms with Gasteiger partial charge in [0.25, 0.3) is 31.0 Å². The minimum atomic E-state index is -0.820. The first-order chi connectivity index (χ1) is 48.5. The van der Waals surface area contributed by atoms with Crippen molar-refractivity contribution in [2.75, 3.05) is 14.1 Å². The average molecular weight is 1370 g/mol. The van der Waals surface area contributed by atoms with Crippen LogP contribution in [0, 0.1) is 29.6 Å². The minimum absolute atomic E-state index is 0.0243. The summed E-state index contributed by atoms with van der Waals surface area (Å²) in [7, 11) is 2.81. The molecule has 478 valence electrons. The second kappa shape index (κ2) is 25.4. The molecule has 6 heterocycles. The van der Waals surface area contributed by atoms with Gasteiger partial charge in [0.15, 0.2) is 0 Å². The molecule has 0 atom stereocenters. The third kappa shape index (κ3) is 11.0. The Morgan fingerprint density at radius 1 is 0.480 bits per heavy atom. The first-order valence-corrected chi connectivity index (χ1v) is 32.2. The SMILES string of the molecule is Cc1cc2nc(/C(C#N)=c3/c4c(-c5ccc(OC(=O)c6ccc7c(c6)C(=O)N(C)C7=O)cc5)n(Bc5ccccc5)/c(=C(/C#N)c5cnc6cc(Cl)c(Cl)cc6n5)c4c(-c4ccc(OC(=O)c5ccc6c(c5)C(=O)N(C)C6=O)cc4)n3B(c3ccccc3)c3ccccc3)cnc2cc1Cl. The van der Waals surface area contributed by atoms with Gasteiger partial charge in [0.1, 0.15) is 46.2 Å². The fourth-order valence-electron chi connectivity index (χ4n) is 13.0. The summed E-state index contributed by atoms with van der Waals surface area (Å²) in [6.07, 6.45) is 3.01. The molecular formula is C77H45B2Cl3N10O8. The number of hydrogen-bond donors (Lipinski definition) is 0. The Balaban J connectivity index is 1.08. The number of imide groups is 2. The van der Waals surface area contributed by atoms with Gasteiger partial charge < -0.3 is 18.4 Å². The van der Waals surface area contributed by atoms with Gasteiger partial charge in [-0.15, -0.1) is 0 Å². The maximum absolute atomic E-state index is 14.2. The van der Waals surface area contributed by atoms with Crippen molar-refractivity contribution in [2.24, 2.45) is 0 Å². The fraction of sp³-hybridized carbons (Fsp3) is 0.0390. The largest absolute Gasteiger partial charge is 0.423 e. The van der Waals surface area contributed by atoms with Gasteiger partial charge in [0.05, 0.1) is 88.6 Å². The van der Waals surface area contributed by atoms with E-state index in [9.17, 15) is 39.3 Å². The number of nitriles is 2. The first kappa shape index (κ1) is 63.5. The zero-order valence-electron chi connectivity index (χ0n) is 52.9. The molecule has 0 aliphatic carbocycles. The van der Waals surface area contributed by atoms with Crippen LogP contribution in [0.5, 0.6) is 11.5 Å². The smallest absolute Gasteiger partial charge is 0.343 e. The number of carbonyl (C=O) groups excluding carboxylic acids is 6. The standard InChI is InChI=1S/C77H45B2Cl3N10O8/c1-41-31-62-60(34-57(41)80)85-40-65(87-62)56(38-84)71-66-67(69(92(71)79(47-15-9-5-10-16-47)48-17-11-6-12-18-48)43-21-27-50(28-22-43)100-77(98)45-24-30-52-54(33-45)75(96)90(3)73(52)94)70(55(37-83)64-39-86-61-35-58(81)59(82)36-63(61)88-64)91(78-46-13-7-4-8-14-46)68(66)42-19-25-49(26-20-42)99-76(97)44-23-29-51-53(32-44)74(95)89(2)72(51)93/h4-36,39-40,78H,1-3H3/b70-55-,71-56-. The van der Waals surface area contributed by atoms with Crippen molar-refractivity contribution in [3.05, 3.63) is 289 Å². The Hall–Kier alpha value is -12.6. The van der Waals surface area contributed by atoms with Crippen molar-refractivity contribution in [1.82, 2.24) is 38.7 Å². The van der Waals surface area contributed by atoms with E-state index >= 15 is 0 Å². The average Bonchev–Trinajstić information content (AvgIpc) is 1.53. The molecule has 9 aromatic carbocycles. The highest BCUT2D eigenvalue weighted by Gasteiger charge is 2.38. The Labute approximate surface area is 584 Å². The quantitative estimate of drug-likeness (QED) is 0.0452. The normalized spacial score (nSPS) is 13.1. The van der Waals surface area contributed by atoms with Crippen LogP contribution in [0.2, 0.25) is 15.1 Å². The van der Waals surface area contributed by atoms with E-state index in [2.05, 4.69) is 16.6 Å². The zero-order chi connectivity index (χ0) is 69.4. The number of amides is 4. The van der Waals surface area contributed by atoms with Gasteiger partial charge in [0, 0.05) is 41.3 Å². The number of nitrogens with zero attached hydrogens (tertiary/aromatic N) is 10. The Bertz CT molecular complexity index is 5920. The lowest BCUT2D eigenvalue weighted by atomic mass is 9.50. The van der Waals surface area contributed by atoms with E-state index in [1.165, 1.54) is 62.9 Å². The topological polar surface area (TPSA) is 236 Å². The number of benzene rings is 9. The van der Waals surface area contributed by atoms with E-state index in [1.54, 1.807) is 72.8 Å². The number of esters is 2. The van der Waals surface area contributed by atoms with Crippen LogP contribution in [0.25, 0.3) is 66.5 Å². The molecule has 0 N–H and O–H groups in total. The Kier molecular flexibility index (Phi) is 16.2. The number of halogens is 3. The van der Waals surface area contributed by atoms with Crippen LogP contribution < -0.4 is 36.6 Å². The van der Waals surface area contributed by atoms with Crippen LogP contribution in [-0.2, 0) is 0 Å². The monoisotopic (exact) mass is 1360 g/mol.